The maximum Gasteiger partial charge on any atom is 0.251 e. The average Bonchev–Trinajstić information content (AvgIpc) is 3.36. The summed E-state index contributed by atoms with van der Waals surface area (Å²) in [6.45, 7) is 0.821. The summed E-state index contributed by atoms with van der Waals surface area (Å²) in [5.74, 6) is 1.81. The van der Waals surface area contributed by atoms with Crippen LogP contribution >= 0.6 is 0 Å². The molecule has 0 aliphatic heterocycles. The van der Waals surface area contributed by atoms with Gasteiger partial charge in [0, 0.05) is 30.9 Å². The molecule has 2 aromatic heterocycles. The van der Waals surface area contributed by atoms with Crippen LogP contribution in [0.15, 0.2) is 53.5 Å². The van der Waals surface area contributed by atoms with Crippen molar-refractivity contribution < 1.29 is 19.1 Å². The molecule has 1 fully saturated rings. The van der Waals surface area contributed by atoms with Gasteiger partial charge in [-0.05, 0) is 67.5 Å². The number of hydrogen-bond donors (Lipinski definition) is 4. The molecule has 1 aliphatic rings. The molecular formula is C25H31N5O4. The number of nitrogens with two attached hydrogens (primary N) is 1. The lowest BCUT2D eigenvalue weighted by molar-refractivity contribution is 0.0911. The van der Waals surface area contributed by atoms with Crippen molar-refractivity contribution >= 4 is 11.7 Å². The van der Waals surface area contributed by atoms with Gasteiger partial charge in [0.1, 0.15) is 18.2 Å². The third-order valence-electron chi connectivity index (χ3n) is 5.99. The Morgan fingerprint density at radius 3 is 2.88 bits per heavy atom. The fourth-order valence-corrected chi connectivity index (χ4v) is 3.74. The third-order valence-corrected chi connectivity index (χ3v) is 5.99. The Morgan fingerprint density at radius 1 is 1.26 bits per heavy atom. The van der Waals surface area contributed by atoms with Gasteiger partial charge in [-0.1, -0.05) is 6.07 Å². The van der Waals surface area contributed by atoms with Gasteiger partial charge in [0.25, 0.3) is 5.91 Å². The zero-order chi connectivity index (χ0) is 23.8. The lowest BCUT2D eigenvalue weighted by Crippen LogP contribution is -2.32. The zero-order valence-corrected chi connectivity index (χ0v) is 19.1. The topological polar surface area (TPSA) is 136 Å². The van der Waals surface area contributed by atoms with E-state index < -0.39 is 6.10 Å². The van der Waals surface area contributed by atoms with Crippen molar-refractivity contribution in [3.63, 3.8) is 0 Å². The van der Waals surface area contributed by atoms with Crippen molar-refractivity contribution in [2.24, 2.45) is 5.73 Å². The van der Waals surface area contributed by atoms with Crippen LogP contribution < -0.4 is 21.1 Å². The number of hydrogen-bond acceptors (Lipinski definition) is 8. The van der Waals surface area contributed by atoms with Crippen LogP contribution in [0.25, 0.3) is 0 Å². The molecule has 180 valence electrons. The van der Waals surface area contributed by atoms with E-state index in [1.165, 1.54) is 12.8 Å². The van der Waals surface area contributed by atoms with E-state index in [2.05, 4.69) is 20.6 Å². The number of nitrogens with one attached hydrogen (secondary N) is 2. The second-order valence-electron chi connectivity index (χ2n) is 8.50. The summed E-state index contributed by atoms with van der Waals surface area (Å²) in [7, 11) is 0. The SMILES string of the molecule is NCc1cc(OCc2cnco2)ccc1CC[C@H](O)CNC(=O)c1ccnc(NC2CCC2)c1. The molecule has 1 aromatic carbocycles. The van der Waals surface area contributed by atoms with E-state index in [4.69, 9.17) is 14.9 Å². The Labute approximate surface area is 198 Å². The Morgan fingerprint density at radius 2 is 2.15 bits per heavy atom. The molecule has 9 nitrogen and oxygen atoms in total. The average molecular weight is 466 g/mol. The number of aryl methyl sites for hydroxylation is 1. The van der Waals surface area contributed by atoms with Crippen LogP contribution in [0.5, 0.6) is 5.75 Å². The number of ether oxygens (including phenoxy) is 1. The van der Waals surface area contributed by atoms with Gasteiger partial charge < -0.3 is 30.6 Å². The molecule has 0 radical (unpaired) electrons. The molecule has 5 N–H and O–H groups in total. The molecule has 1 saturated carbocycles. The molecule has 34 heavy (non-hydrogen) atoms. The van der Waals surface area contributed by atoms with Gasteiger partial charge in [-0.3, -0.25) is 4.79 Å². The minimum atomic E-state index is -0.675. The summed E-state index contributed by atoms with van der Waals surface area (Å²) in [5.41, 5.74) is 8.44. The highest BCUT2D eigenvalue weighted by atomic mass is 16.5. The monoisotopic (exact) mass is 465 g/mol. The van der Waals surface area contributed by atoms with Crippen molar-refractivity contribution in [2.45, 2.75) is 57.4 Å². The fraction of sp³-hybridized carbons (Fsp3) is 0.400. The molecule has 0 saturated heterocycles. The van der Waals surface area contributed by atoms with E-state index in [9.17, 15) is 9.90 Å². The van der Waals surface area contributed by atoms with Crippen LogP contribution in [-0.2, 0) is 19.6 Å². The molecular weight excluding hydrogens is 434 g/mol. The standard InChI is InChI=1S/C25H31N5O4/c26-12-19-10-22(33-15-23-14-27-16-34-23)7-5-17(19)4-6-21(31)13-29-25(32)18-8-9-28-24(11-18)30-20-2-1-3-20/h5,7-11,14,16,20-21,31H,1-4,6,12-13,15,26H2,(H,28,30)(H,29,32)/t21-/m0/s1. The number of benzene rings is 1. The summed E-state index contributed by atoms with van der Waals surface area (Å²) in [5, 5.41) is 16.6. The molecule has 4 rings (SSSR count). The summed E-state index contributed by atoms with van der Waals surface area (Å²) in [4.78, 5) is 20.7. The Balaban J connectivity index is 1.23. The number of aliphatic hydroxyl groups is 1. The predicted molar refractivity (Wildman–Crippen MR) is 127 cm³/mol. The molecule has 3 aromatic rings. The number of aromatic nitrogens is 2. The normalized spacial score (nSPS) is 14.3. The predicted octanol–water partition coefficient (Wildman–Crippen LogP) is 2.80. The first-order valence-corrected chi connectivity index (χ1v) is 11.6. The molecule has 2 heterocycles. The third kappa shape index (κ3) is 6.55. The van der Waals surface area contributed by atoms with Crippen LogP contribution in [0.4, 0.5) is 5.82 Å². The first-order chi connectivity index (χ1) is 16.6. The van der Waals surface area contributed by atoms with E-state index in [1.807, 2.05) is 18.2 Å². The van der Waals surface area contributed by atoms with E-state index in [1.54, 1.807) is 24.5 Å². The second-order valence-corrected chi connectivity index (χ2v) is 8.50. The number of carbonyl (C=O) groups is 1. The first kappa shape index (κ1) is 23.7. The van der Waals surface area contributed by atoms with Gasteiger partial charge in [-0.2, -0.15) is 0 Å². The lowest BCUT2D eigenvalue weighted by atomic mass is 9.93. The van der Waals surface area contributed by atoms with E-state index >= 15 is 0 Å². The first-order valence-electron chi connectivity index (χ1n) is 11.6. The summed E-state index contributed by atoms with van der Waals surface area (Å²) >= 11 is 0. The van der Waals surface area contributed by atoms with Crippen LogP contribution in [-0.4, -0.2) is 39.7 Å². The minimum Gasteiger partial charge on any atom is -0.486 e. The maximum absolute atomic E-state index is 12.5. The summed E-state index contributed by atoms with van der Waals surface area (Å²) < 4.78 is 10.9. The zero-order valence-electron chi connectivity index (χ0n) is 19.1. The van der Waals surface area contributed by atoms with Crippen molar-refractivity contribution in [3.05, 3.63) is 71.6 Å². The highest BCUT2D eigenvalue weighted by molar-refractivity contribution is 5.94. The lowest BCUT2D eigenvalue weighted by Gasteiger charge is -2.26. The number of amides is 1. The Kier molecular flexibility index (Phi) is 8.11. The van der Waals surface area contributed by atoms with Crippen LogP contribution in [0.3, 0.4) is 0 Å². The highest BCUT2D eigenvalue weighted by Gasteiger charge is 2.18. The van der Waals surface area contributed by atoms with Crippen molar-refractivity contribution in [2.75, 3.05) is 11.9 Å². The summed E-state index contributed by atoms with van der Waals surface area (Å²) in [6, 6.07) is 9.60. The number of nitrogens with zero attached hydrogens (tertiary/aromatic N) is 2. The molecule has 0 bridgehead atoms. The number of pyridine rings is 1. The molecule has 1 amide bonds. The Hall–Kier alpha value is -3.43. The van der Waals surface area contributed by atoms with Gasteiger partial charge in [0.15, 0.2) is 12.2 Å². The van der Waals surface area contributed by atoms with Crippen molar-refractivity contribution in [1.82, 2.24) is 15.3 Å². The second kappa shape index (κ2) is 11.6. The smallest absolute Gasteiger partial charge is 0.251 e. The van der Waals surface area contributed by atoms with Gasteiger partial charge in [-0.25, -0.2) is 9.97 Å². The summed E-state index contributed by atoms with van der Waals surface area (Å²) in [6.07, 6.45) is 8.55. The van der Waals surface area contributed by atoms with E-state index in [-0.39, 0.29) is 19.1 Å². The van der Waals surface area contributed by atoms with E-state index in [0.29, 0.717) is 48.3 Å². The minimum absolute atomic E-state index is 0.170. The molecule has 0 spiro atoms. The number of oxazole rings is 1. The number of anilines is 1. The van der Waals surface area contributed by atoms with Gasteiger partial charge >= 0.3 is 0 Å². The van der Waals surface area contributed by atoms with Crippen molar-refractivity contribution in [3.8, 4) is 5.75 Å². The number of carbonyl (C=O) groups excluding carboxylic acids is 1. The van der Waals surface area contributed by atoms with Crippen LogP contribution in [0, 0.1) is 0 Å². The van der Waals surface area contributed by atoms with E-state index in [0.717, 1.165) is 24.0 Å². The quantitative estimate of drug-likeness (QED) is 0.321. The van der Waals surface area contributed by atoms with Gasteiger partial charge in [0.2, 0.25) is 0 Å². The largest absolute Gasteiger partial charge is 0.486 e. The fourth-order valence-electron chi connectivity index (χ4n) is 3.74. The molecule has 0 unspecified atom stereocenters. The van der Waals surface area contributed by atoms with Crippen molar-refractivity contribution in [1.29, 1.82) is 0 Å². The molecule has 9 heteroatoms. The molecule has 1 aliphatic carbocycles. The van der Waals surface area contributed by atoms with Crippen LogP contribution in [0.2, 0.25) is 0 Å². The van der Waals surface area contributed by atoms with Gasteiger partial charge in [-0.15, -0.1) is 0 Å². The van der Waals surface area contributed by atoms with Crippen LogP contribution in [0.1, 0.15) is 52.9 Å². The maximum atomic E-state index is 12.5. The Bertz CT molecular complexity index is 1070. The van der Waals surface area contributed by atoms with Gasteiger partial charge in [0.05, 0.1) is 12.3 Å². The highest BCUT2D eigenvalue weighted by Crippen LogP contribution is 2.23. The number of rotatable bonds is 12. The molecule has 1 atom stereocenters. The number of aliphatic hydroxyl groups excluding tert-OH is 1.